The van der Waals surface area contributed by atoms with Crippen molar-refractivity contribution >= 4 is 17.6 Å². The fourth-order valence-corrected chi connectivity index (χ4v) is 1.08. The normalized spacial score (nSPS) is 9.73. The third-order valence-corrected chi connectivity index (χ3v) is 1.70. The number of anilines is 1. The molecule has 80 valence electrons. The van der Waals surface area contributed by atoms with E-state index in [0.717, 1.165) is 6.07 Å². The molecule has 0 atom stereocenters. The third kappa shape index (κ3) is 2.29. The number of nitrogens with two attached hydrogens (primary N) is 1. The van der Waals surface area contributed by atoms with Crippen LogP contribution in [-0.2, 0) is 4.79 Å². The molecular weight excluding hydrogens is 203 g/mol. The molecule has 0 aliphatic carbocycles. The highest BCUT2D eigenvalue weighted by Gasteiger charge is 2.22. The summed E-state index contributed by atoms with van der Waals surface area (Å²) in [7, 11) is 0. The van der Waals surface area contributed by atoms with Crippen LogP contribution in [0.1, 0.15) is 0 Å². The Balaban J connectivity index is 3.16. The molecule has 0 fully saturated rings. The Morgan fingerprint density at radius 1 is 1.40 bits per heavy atom. The van der Waals surface area contributed by atoms with E-state index >= 15 is 0 Å². The van der Waals surface area contributed by atoms with Gasteiger partial charge in [-0.3, -0.25) is 4.79 Å². The topological polar surface area (TPSA) is 83.6 Å². The van der Waals surface area contributed by atoms with Gasteiger partial charge in [0.15, 0.2) is 0 Å². The van der Waals surface area contributed by atoms with Crippen LogP contribution in [0.15, 0.2) is 24.3 Å². The van der Waals surface area contributed by atoms with E-state index < -0.39 is 24.4 Å². The number of para-hydroxylation sites is 1. The number of primary amides is 1. The number of urea groups is 1. The minimum atomic E-state index is -1.14. The van der Waals surface area contributed by atoms with Crippen LogP contribution < -0.4 is 10.6 Å². The molecule has 0 spiro atoms. The Morgan fingerprint density at radius 2 is 2.00 bits per heavy atom. The lowest BCUT2D eigenvalue weighted by molar-refractivity contribution is -0.120. The number of halogens is 1. The average molecular weight is 212 g/mol. The zero-order valence-corrected chi connectivity index (χ0v) is 7.68. The zero-order chi connectivity index (χ0) is 11.4. The molecular formula is C9H9FN2O3. The van der Waals surface area contributed by atoms with E-state index in [4.69, 9.17) is 10.8 Å². The average Bonchev–Trinajstić information content (AvgIpc) is 2.20. The first kappa shape index (κ1) is 11.1. The molecule has 0 bridgehead atoms. The Kier molecular flexibility index (Phi) is 3.35. The van der Waals surface area contributed by atoms with Crippen molar-refractivity contribution in [2.24, 2.45) is 5.73 Å². The van der Waals surface area contributed by atoms with E-state index in [2.05, 4.69) is 0 Å². The molecule has 3 N–H and O–H groups in total. The van der Waals surface area contributed by atoms with Crippen molar-refractivity contribution in [2.45, 2.75) is 0 Å². The standard InChI is InChI=1S/C9H9FN2O3/c10-6-3-1-2-4-7(6)12(9(11)15)8(14)5-13/h1-4,13H,5H2,(H2,11,15). The minimum absolute atomic E-state index is 0.274. The van der Waals surface area contributed by atoms with Crippen molar-refractivity contribution in [3.8, 4) is 0 Å². The fraction of sp³-hybridized carbons (Fsp3) is 0.111. The second-order valence-electron chi connectivity index (χ2n) is 2.68. The lowest BCUT2D eigenvalue weighted by Crippen LogP contribution is -2.42. The van der Waals surface area contributed by atoms with Gasteiger partial charge in [0.25, 0.3) is 5.91 Å². The molecule has 0 unspecified atom stereocenters. The first-order valence-corrected chi connectivity index (χ1v) is 4.05. The molecule has 0 saturated heterocycles. The van der Waals surface area contributed by atoms with Crippen molar-refractivity contribution in [1.82, 2.24) is 0 Å². The Morgan fingerprint density at radius 3 is 2.47 bits per heavy atom. The summed E-state index contributed by atoms with van der Waals surface area (Å²) in [6.45, 7) is -0.919. The van der Waals surface area contributed by atoms with Gasteiger partial charge in [-0.25, -0.2) is 14.1 Å². The molecule has 0 aliphatic heterocycles. The lowest BCUT2D eigenvalue weighted by atomic mass is 10.3. The van der Waals surface area contributed by atoms with Gasteiger partial charge in [0.05, 0.1) is 5.69 Å². The second-order valence-corrected chi connectivity index (χ2v) is 2.68. The van der Waals surface area contributed by atoms with Crippen molar-refractivity contribution < 1.29 is 19.1 Å². The van der Waals surface area contributed by atoms with Gasteiger partial charge >= 0.3 is 6.03 Å². The zero-order valence-electron chi connectivity index (χ0n) is 7.68. The number of aliphatic hydroxyl groups is 1. The second kappa shape index (κ2) is 4.52. The van der Waals surface area contributed by atoms with Crippen molar-refractivity contribution in [2.75, 3.05) is 11.5 Å². The summed E-state index contributed by atoms with van der Waals surface area (Å²) in [6.07, 6.45) is 0. The largest absolute Gasteiger partial charge is 0.387 e. The highest BCUT2D eigenvalue weighted by Crippen LogP contribution is 2.18. The van der Waals surface area contributed by atoms with E-state index in [0.29, 0.717) is 4.90 Å². The summed E-state index contributed by atoms with van der Waals surface area (Å²) in [5, 5.41) is 8.58. The van der Waals surface area contributed by atoms with Gasteiger partial charge in [-0.1, -0.05) is 12.1 Å². The summed E-state index contributed by atoms with van der Waals surface area (Å²) in [6, 6.07) is 4.00. The van der Waals surface area contributed by atoms with Crippen LogP contribution in [0.4, 0.5) is 14.9 Å². The summed E-state index contributed by atoms with van der Waals surface area (Å²) < 4.78 is 13.2. The van der Waals surface area contributed by atoms with Gasteiger partial charge in [0.2, 0.25) is 0 Å². The van der Waals surface area contributed by atoms with Crippen molar-refractivity contribution in [3.05, 3.63) is 30.1 Å². The van der Waals surface area contributed by atoms with Crippen molar-refractivity contribution in [3.63, 3.8) is 0 Å². The number of rotatable bonds is 2. The summed E-state index contributed by atoms with van der Waals surface area (Å²) in [5.41, 5.74) is 4.63. The minimum Gasteiger partial charge on any atom is -0.387 e. The molecule has 0 heterocycles. The Bertz CT molecular complexity index is 395. The molecule has 0 aromatic heterocycles. The van der Waals surface area contributed by atoms with Crippen LogP contribution in [0.5, 0.6) is 0 Å². The number of hydrogen-bond acceptors (Lipinski definition) is 3. The molecule has 0 saturated carbocycles. The van der Waals surface area contributed by atoms with Gasteiger partial charge in [-0.2, -0.15) is 0 Å². The van der Waals surface area contributed by atoms with Gasteiger partial charge in [-0.05, 0) is 12.1 Å². The number of hydrogen-bond donors (Lipinski definition) is 2. The van der Waals surface area contributed by atoms with Gasteiger partial charge < -0.3 is 10.8 Å². The number of nitrogens with zero attached hydrogens (tertiary/aromatic N) is 1. The quantitative estimate of drug-likeness (QED) is 0.736. The molecule has 1 aromatic carbocycles. The SMILES string of the molecule is NC(=O)N(C(=O)CO)c1ccccc1F. The Labute approximate surface area is 84.9 Å². The number of imide groups is 1. The smallest absolute Gasteiger partial charge is 0.326 e. The van der Waals surface area contributed by atoms with Crippen LogP contribution in [-0.4, -0.2) is 23.7 Å². The first-order chi connectivity index (χ1) is 7.07. The fourth-order valence-electron chi connectivity index (χ4n) is 1.08. The van der Waals surface area contributed by atoms with Gasteiger partial charge in [-0.15, -0.1) is 0 Å². The number of carbonyl (C=O) groups excluding carboxylic acids is 2. The maximum atomic E-state index is 13.2. The number of amides is 3. The maximum absolute atomic E-state index is 13.2. The highest BCUT2D eigenvalue weighted by atomic mass is 19.1. The number of benzene rings is 1. The summed E-state index contributed by atoms with van der Waals surface area (Å²) in [4.78, 5) is 22.4. The lowest BCUT2D eigenvalue weighted by Gasteiger charge is -2.17. The molecule has 15 heavy (non-hydrogen) atoms. The van der Waals surface area contributed by atoms with Crippen LogP contribution in [0.25, 0.3) is 0 Å². The highest BCUT2D eigenvalue weighted by molar-refractivity contribution is 6.14. The van der Waals surface area contributed by atoms with Gasteiger partial charge in [0.1, 0.15) is 12.4 Å². The Hall–Kier alpha value is -1.95. The number of aliphatic hydroxyl groups excluding tert-OH is 1. The maximum Gasteiger partial charge on any atom is 0.326 e. The van der Waals surface area contributed by atoms with Crippen LogP contribution in [0.3, 0.4) is 0 Å². The van der Waals surface area contributed by atoms with E-state index in [1.807, 2.05) is 0 Å². The third-order valence-electron chi connectivity index (χ3n) is 1.70. The molecule has 0 radical (unpaired) electrons. The van der Waals surface area contributed by atoms with Crippen LogP contribution in [0, 0.1) is 5.82 Å². The van der Waals surface area contributed by atoms with E-state index in [1.54, 1.807) is 0 Å². The molecule has 6 heteroatoms. The van der Waals surface area contributed by atoms with Crippen LogP contribution in [0.2, 0.25) is 0 Å². The summed E-state index contributed by atoms with van der Waals surface area (Å²) >= 11 is 0. The van der Waals surface area contributed by atoms with E-state index in [9.17, 15) is 14.0 Å². The number of carbonyl (C=O) groups is 2. The molecule has 1 rings (SSSR count). The first-order valence-electron chi connectivity index (χ1n) is 4.05. The van der Waals surface area contributed by atoms with Gasteiger partial charge in [0, 0.05) is 0 Å². The molecule has 3 amide bonds. The van der Waals surface area contributed by atoms with Crippen LogP contribution >= 0.6 is 0 Å². The predicted octanol–water partition coefficient (Wildman–Crippen LogP) is 0.230. The molecule has 5 nitrogen and oxygen atoms in total. The predicted molar refractivity (Wildman–Crippen MR) is 50.6 cm³/mol. The molecule has 0 aliphatic rings. The summed E-state index contributed by atoms with van der Waals surface area (Å²) in [5.74, 6) is -1.74. The molecule has 1 aromatic rings. The monoisotopic (exact) mass is 212 g/mol. The van der Waals surface area contributed by atoms with E-state index in [1.165, 1.54) is 18.2 Å². The van der Waals surface area contributed by atoms with Crippen molar-refractivity contribution in [1.29, 1.82) is 0 Å². The van der Waals surface area contributed by atoms with E-state index in [-0.39, 0.29) is 5.69 Å².